The maximum absolute atomic E-state index is 11.6. The van der Waals surface area contributed by atoms with Crippen LogP contribution in [0.25, 0.3) is 0 Å². The molecule has 0 radical (unpaired) electrons. The summed E-state index contributed by atoms with van der Waals surface area (Å²) in [6.07, 6.45) is 1.48. The lowest BCUT2D eigenvalue weighted by Crippen LogP contribution is -2.49. The van der Waals surface area contributed by atoms with Gasteiger partial charge in [0.05, 0.1) is 30.6 Å². The van der Waals surface area contributed by atoms with E-state index >= 15 is 0 Å². The number of carbonyl (C=O) groups is 1. The molecule has 0 aromatic heterocycles. The van der Waals surface area contributed by atoms with E-state index in [1.54, 1.807) is 0 Å². The van der Waals surface area contributed by atoms with Crippen molar-refractivity contribution in [2.24, 2.45) is 5.92 Å². The Labute approximate surface area is 113 Å². The van der Waals surface area contributed by atoms with Crippen molar-refractivity contribution >= 4 is 15.8 Å². The van der Waals surface area contributed by atoms with Crippen molar-refractivity contribution in [2.75, 3.05) is 31.3 Å². The number of nitrogens with zero attached hydrogens (tertiary/aromatic N) is 1. The van der Waals surface area contributed by atoms with Crippen LogP contribution in [0, 0.1) is 5.92 Å². The summed E-state index contributed by atoms with van der Waals surface area (Å²) in [4.78, 5) is 13.3. The molecular formula is C12H21NO5S. The minimum atomic E-state index is -2.96. The van der Waals surface area contributed by atoms with Gasteiger partial charge < -0.3 is 9.84 Å². The molecule has 2 heterocycles. The van der Waals surface area contributed by atoms with Gasteiger partial charge in [-0.3, -0.25) is 9.69 Å². The molecule has 19 heavy (non-hydrogen) atoms. The van der Waals surface area contributed by atoms with Crippen molar-refractivity contribution in [3.05, 3.63) is 0 Å². The van der Waals surface area contributed by atoms with Crippen LogP contribution in [-0.2, 0) is 19.4 Å². The molecule has 2 aliphatic rings. The SMILES string of the molecule is CCCN(C1CCS(=O)(=O)C1)C1COCC1C(=O)O. The number of carboxylic acids is 1. The second-order valence-electron chi connectivity index (χ2n) is 5.34. The molecule has 0 saturated carbocycles. The van der Waals surface area contributed by atoms with Gasteiger partial charge in [0, 0.05) is 12.1 Å². The van der Waals surface area contributed by atoms with Crippen LogP contribution in [0.2, 0.25) is 0 Å². The molecule has 0 aliphatic carbocycles. The second-order valence-corrected chi connectivity index (χ2v) is 7.57. The Morgan fingerprint density at radius 2 is 2.16 bits per heavy atom. The molecule has 110 valence electrons. The Balaban J connectivity index is 2.13. The molecule has 2 aliphatic heterocycles. The van der Waals surface area contributed by atoms with Gasteiger partial charge in [0.15, 0.2) is 9.84 Å². The van der Waals surface area contributed by atoms with E-state index in [0.717, 1.165) is 13.0 Å². The first-order valence-electron chi connectivity index (χ1n) is 6.71. The largest absolute Gasteiger partial charge is 0.481 e. The van der Waals surface area contributed by atoms with Crippen molar-refractivity contribution in [1.29, 1.82) is 0 Å². The normalized spacial score (nSPS) is 33.9. The highest BCUT2D eigenvalue weighted by Crippen LogP contribution is 2.27. The highest BCUT2D eigenvalue weighted by Gasteiger charge is 2.42. The predicted octanol–water partition coefficient (Wildman–Crippen LogP) is -0.0149. The average Bonchev–Trinajstić information content (AvgIpc) is 2.92. The topological polar surface area (TPSA) is 83.9 Å². The smallest absolute Gasteiger partial charge is 0.310 e. The fourth-order valence-corrected chi connectivity index (χ4v) is 4.76. The Kier molecular flexibility index (Phi) is 4.47. The van der Waals surface area contributed by atoms with E-state index in [0.29, 0.717) is 13.0 Å². The zero-order valence-corrected chi connectivity index (χ0v) is 11.9. The summed E-state index contributed by atoms with van der Waals surface area (Å²) in [6, 6.07) is -0.255. The third-order valence-corrected chi connectivity index (χ3v) is 5.70. The molecule has 6 nitrogen and oxygen atoms in total. The standard InChI is InChI=1S/C12H21NO5S/c1-2-4-13(9-3-5-19(16,17)8-9)11-7-18-6-10(11)12(14)15/h9-11H,2-8H2,1H3,(H,14,15). The number of hydrogen-bond donors (Lipinski definition) is 1. The van der Waals surface area contributed by atoms with E-state index in [2.05, 4.69) is 4.90 Å². The molecule has 3 atom stereocenters. The molecule has 2 rings (SSSR count). The highest BCUT2D eigenvalue weighted by atomic mass is 32.2. The minimum absolute atomic E-state index is 0.0569. The van der Waals surface area contributed by atoms with Gasteiger partial charge in [-0.2, -0.15) is 0 Å². The molecule has 0 aromatic rings. The average molecular weight is 291 g/mol. The molecule has 0 spiro atoms. The Hall–Kier alpha value is -0.660. The van der Waals surface area contributed by atoms with Crippen LogP contribution in [-0.4, -0.2) is 67.7 Å². The molecule has 7 heteroatoms. The summed E-state index contributed by atoms with van der Waals surface area (Å²) in [7, 11) is -2.96. The van der Waals surface area contributed by atoms with E-state index in [1.165, 1.54) is 0 Å². The summed E-state index contributed by atoms with van der Waals surface area (Å²) >= 11 is 0. The zero-order chi connectivity index (χ0) is 14.0. The van der Waals surface area contributed by atoms with E-state index in [9.17, 15) is 18.3 Å². The highest BCUT2D eigenvalue weighted by molar-refractivity contribution is 7.91. The zero-order valence-electron chi connectivity index (χ0n) is 11.1. The Morgan fingerprint density at radius 1 is 1.42 bits per heavy atom. The number of sulfone groups is 1. The first-order valence-corrected chi connectivity index (χ1v) is 8.53. The van der Waals surface area contributed by atoms with Crippen LogP contribution in [0.4, 0.5) is 0 Å². The van der Waals surface area contributed by atoms with Gasteiger partial charge in [0.1, 0.15) is 0 Å². The first kappa shape index (κ1) is 14.7. The summed E-state index contributed by atoms with van der Waals surface area (Å²) in [6.45, 7) is 3.34. The number of ether oxygens (including phenoxy) is 1. The van der Waals surface area contributed by atoms with Crippen LogP contribution >= 0.6 is 0 Å². The maximum Gasteiger partial charge on any atom is 0.310 e. The molecule has 0 bridgehead atoms. The maximum atomic E-state index is 11.6. The fraction of sp³-hybridized carbons (Fsp3) is 0.917. The van der Waals surface area contributed by atoms with Gasteiger partial charge in [-0.05, 0) is 19.4 Å². The van der Waals surface area contributed by atoms with Crippen molar-refractivity contribution in [1.82, 2.24) is 4.90 Å². The lowest BCUT2D eigenvalue weighted by molar-refractivity contribution is -0.143. The van der Waals surface area contributed by atoms with Gasteiger partial charge in [-0.25, -0.2) is 8.42 Å². The first-order chi connectivity index (χ1) is 8.94. The molecular weight excluding hydrogens is 270 g/mol. The van der Waals surface area contributed by atoms with Gasteiger partial charge in [0.2, 0.25) is 0 Å². The van der Waals surface area contributed by atoms with Crippen molar-refractivity contribution < 1.29 is 23.1 Å². The van der Waals surface area contributed by atoms with Crippen LogP contribution < -0.4 is 0 Å². The molecule has 1 N–H and O–H groups in total. The van der Waals surface area contributed by atoms with Crippen LogP contribution in [0.3, 0.4) is 0 Å². The lowest BCUT2D eigenvalue weighted by atomic mass is 10.00. The van der Waals surface area contributed by atoms with Gasteiger partial charge in [-0.15, -0.1) is 0 Å². The number of rotatable bonds is 5. The van der Waals surface area contributed by atoms with E-state index < -0.39 is 21.7 Å². The van der Waals surface area contributed by atoms with E-state index in [-0.39, 0.29) is 30.2 Å². The van der Waals surface area contributed by atoms with Crippen molar-refractivity contribution in [2.45, 2.75) is 31.8 Å². The van der Waals surface area contributed by atoms with Gasteiger partial charge >= 0.3 is 5.97 Å². The van der Waals surface area contributed by atoms with Crippen LogP contribution in [0.15, 0.2) is 0 Å². The minimum Gasteiger partial charge on any atom is -0.481 e. The molecule has 3 unspecified atom stereocenters. The van der Waals surface area contributed by atoms with Crippen molar-refractivity contribution in [3.8, 4) is 0 Å². The monoisotopic (exact) mass is 291 g/mol. The lowest BCUT2D eigenvalue weighted by Gasteiger charge is -2.34. The van der Waals surface area contributed by atoms with E-state index in [1.807, 2.05) is 6.92 Å². The third-order valence-electron chi connectivity index (χ3n) is 3.95. The quantitative estimate of drug-likeness (QED) is 0.766. The summed E-state index contributed by atoms with van der Waals surface area (Å²) < 4.78 is 28.5. The summed E-state index contributed by atoms with van der Waals surface area (Å²) in [5, 5.41) is 9.22. The van der Waals surface area contributed by atoms with Crippen molar-refractivity contribution in [3.63, 3.8) is 0 Å². The van der Waals surface area contributed by atoms with E-state index in [4.69, 9.17) is 4.74 Å². The molecule has 0 amide bonds. The second kappa shape index (κ2) is 5.76. The fourth-order valence-electron chi connectivity index (χ4n) is 3.02. The van der Waals surface area contributed by atoms with Crippen LogP contribution in [0.1, 0.15) is 19.8 Å². The van der Waals surface area contributed by atoms with Gasteiger partial charge in [-0.1, -0.05) is 6.92 Å². The summed E-state index contributed by atoms with van der Waals surface area (Å²) in [5.74, 6) is -1.04. The number of aliphatic carboxylic acids is 1. The third kappa shape index (κ3) is 3.27. The Bertz CT molecular complexity index is 435. The van der Waals surface area contributed by atoms with Crippen LogP contribution in [0.5, 0.6) is 0 Å². The number of hydrogen-bond acceptors (Lipinski definition) is 5. The summed E-state index contributed by atoms with van der Waals surface area (Å²) in [5.41, 5.74) is 0. The Morgan fingerprint density at radius 3 is 2.68 bits per heavy atom. The predicted molar refractivity (Wildman–Crippen MR) is 69.8 cm³/mol. The molecule has 2 saturated heterocycles. The molecule has 0 aromatic carbocycles. The molecule has 2 fully saturated rings. The van der Waals surface area contributed by atoms with Gasteiger partial charge in [0.25, 0.3) is 0 Å². The number of carboxylic acid groups (broad SMARTS) is 1.